The Morgan fingerprint density at radius 3 is 2.62 bits per heavy atom. The molecule has 4 nitrogen and oxygen atoms in total. The maximum atomic E-state index is 4.46. The first-order valence-electron chi connectivity index (χ1n) is 5.50. The summed E-state index contributed by atoms with van der Waals surface area (Å²) in [5.74, 6) is 1.38. The molecule has 2 rings (SSSR count). The molecule has 0 saturated carbocycles. The van der Waals surface area contributed by atoms with E-state index >= 15 is 0 Å². The molecule has 0 bridgehead atoms. The van der Waals surface area contributed by atoms with Crippen molar-refractivity contribution >= 4 is 0 Å². The third-order valence-corrected chi connectivity index (χ3v) is 2.28. The molecule has 2 heterocycles. The van der Waals surface area contributed by atoms with Gasteiger partial charge in [-0.2, -0.15) is 10.2 Å². The highest BCUT2D eigenvalue weighted by atomic mass is 15.3. The first kappa shape index (κ1) is 10.8. The monoisotopic (exact) mass is 216 g/mol. The third kappa shape index (κ3) is 2.45. The summed E-state index contributed by atoms with van der Waals surface area (Å²) in [6.07, 6.45) is 2.92. The number of hydrogen-bond donors (Lipinski definition) is 0. The van der Waals surface area contributed by atoms with Gasteiger partial charge < -0.3 is 0 Å². The molecule has 84 valence electrons. The van der Waals surface area contributed by atoms with Crippen LogP contribution in [-0.2, 0) is 6.42 Å². The van der Waals surface area contributed by atoms with Gasteiger partial charge in [0, 0.05) is 6.20 Å². The zero-order valence-corrected chi connectivity index (χ0v) is 9.88. The summed E-state index contributed by atoms with van der Waals surface area (Å²) >= 11 is 0. The molecular formula is C12H16N4. The molecule has 0 spiro atoms. The Bertz CT molecular complexity index is 456. The van der Waals surface area contributed by atoms with E-state index in [-0.39, 0.29) is 0 Å². The summed E-state index contributed by atoms with van der Waals surface area (Å²) in [4.78, 5) is 0. The van der Waals surface area contributed by atoms with E-state index in [0.29, 0.717) is 5.92 Å². The number of rotatable bonds is 3. The van der Waals surface area contributed by atoms with Crippen LogP contribution in [0.1, 0.15) is 25.2 Å². The van der Waals surface area contributed by atoms with Gasteiger partial charge in [0.15, 0.2) is 5.82 Å². The van der Waals surface area contributed by atoms with Crippen LogP contribution in [0.3, 0.4) is 0 Å². The molecule has 0 fully saturated rings. The van der Waals surface area contributed by atoms with Crippen LogP contribution in [-0.4, -0.2) is 20.0 Å². The third-order valence-electron chi connectivity index (χ3n) is 2.28. The van der Waals surface area contributed by atoms with Crippen LogP contribution in [0.5, 0.6) is 0 Å². The standard InChI is InChI=1S/C12H16N4/c1-9(2)8-11-6-7-16(15-11)12-5-4-10(3)13-14-12/h4-7,9H,8H2,1-3H3. The first-order valence-corrected chi connectivity index (χ1v) is 5.50. The van der Waals surface area contributed by atoms with Gasteiger partial charge in [0.25, 0.3) is 0 Å². The van der Waals surface area contributed by atoms with E-state index in [0.717, 1.165) is 23.6 Å². The van der Waals surface area contributed by atoms with Gasteiger partial charge in [-0.3, -0.25) is 0 Å². The summed E-state index contributed by atoms with van der Waals surface area (Å²) < 4.78 is 1.77. The number of aryl methyl sites for hydroxylation is 1. The quantitative estimate of drug-likeness (QED) is 0.789. The highest BCUT2D eigenvalue weighted by molar-refractivity contribution is 5.21. The van der Waals surface area contributed by atoms with E-state index < -0.39 is 0 Å². The van der Waals surface area contributed by atoms with E-state index in [4.69, 9.17) is 0 Å². The van der Waals surface area contributed by atoms with Crippen LogP contribution in [0.15, 0.2) is 24.4 Å². The summed E-state index contributed by atoms with van der Waals surface area (Å²) in [7, 11) is 0. The van der Waals surface area contributed by atoms with Gasteiger partial charge in [0.1, 0.15) is 0 Å². The fraction of sp³-hybridized carbons (Fsp3) is 0.417. The maximum absolute atomic E-state index is 4.46. The van der Waals surface area contributed by atoms with Crippen molar-refractivity contribution in [2.45, 2.75) is 27.2 Å². The fourth-order valence-corrected chi connectivity index (χ4v) is 1.53. The zero-order valence-electron chi connectivity index (χ0n) is 9.88. The van der Waals surface area contributed by atoms with Crippen molar-refractivity contribution < 1.29 is 0 Å². The van der Waals surface area contributed by atoms with Crippen molar-refractivity contribution in [3.63, 3.8) is 0 Å². The molecule has 4 heteroatoms. The van der Waals surface area contributed by atoms with Crippen LogP contribution < -0.4 is 0 Å². The Kier molecular flexibility index (Phi) is 2.99. The van der Waals surface area contributed by atoms with Gasteiger partial charge in [-0.1, -0.05) is 13.8 Å². The molecule has 0 aliphatic heterocycles. The Labute approximate surface area is 95.3 Å². The highest BCUT2D eigenvalue weighted by Gasteiger charge is 2.04. The average molecular weight is 216 g/mol. The molecule has 0 radical (unpaired) electrons. The molecule has 0 atom stereocenters. The molecule has 0 aliphatic carbocycles. The second-order valence-corrected chi connectivity index (χ2v) is 4.38. The van der Waals surface area contributed by atoms with Crippen LogP contribution in [0.25, 0.3) is 5.82 Å². The van der Waals surface area contributed by atoms with Gasteiger partial charge in [-0.15, -0.1) is 5.10 Å². The lowest BCUT2D eigenvalue weighted by Gasteiger charge is -2.01. The molecule has 0 unspecified atom stereocenters. The molecular weight excluding hydrogens is 200 g/mol. The predicted octanol–water partition coefficient (Wildman–Crippen LogP) is 2.17. The van der Waals surface area contributed by atoms with Crippen molar-refractivity contribution in [2.75, 3.05) is 0 Å². The molecule has 2 aromatic rings. The second-order valence-electron chi connectivity index (χ2n) is 4.38. The second kappa shape index (κ2) is 4.43. The largest absolute Gasteiger partial charge is 0.221 e. The minimum atomic E-state index is 0.618. The van der Waals surface area contributed by atoms with E-state index in [2.05, 4.69) is 29.1 Å². The van der Waals surface area contributed by atoms with E-state index in [1.165, 1.54) is 0 Å². The summed E-state index contributed by atoms with van der Waals surface area (Å²) in [6, 6.07) is 5.89. The smallest absolute Gasteiger partial charge is 0.175 e. The SMILES string of the molecule is Cc1ccc(-n2ccc(CC(C)C)n2)nn1. The molecule has 0 aromatic carbocycles. The van der Waals surface area contributed by atoms with Crippen LogP contribution in [0.4, 0.5) is 0 Å². The van der Waals surface area contributed by atoms with Gasteiger partial charge in [-0.25, -0.2) is 4.68 Å². The number of nitrogens with zero attached hydrogens (tertiary/aromatic N) is 4. The van der Waals surface area contributed by atoms with Crippen LogP contribution in [0.2, 0.25) is 0 Å². The van der Waals surface area contributed by atoms with E-state index in [1.807, 2.05) is 31.3 Å². The van der Waals surface area contributed by atoms with Crippen molar-refractivity contribution in [3.8, 4) is 5.82 Å². The Morgan fingerprint density at radius 1 is 1.19 bits per heavy atom. The van der Waals surface area contributed by atoms with Crippen LogP contribution in [0, 0.1) is 12.8 Å². The van der Waals surface area contributed by atoms with Crippen LogP contribution >= 0.6 is 0 Å². The predicted molar refractivity (Wildman–Crippen MR) is 62.4 cm³/mol. The van der Waals surface area contributed by atoms with Gasteiger partial charge in [-0.05, 0) is 37.5 Å². The number of aromatic nitrogens is 4. The molecule has 0 amide bonds. The first-order chi connectivity index (χ1) is 7.65. The summed E-state index contributed by atoms with van der Waals surface area (Å²) in [5.41, 5.74) is 2.01. The summed E-state index contributed by atoms with van der Waals surface area (Å²) in [5, 5.41) is 12.6. The lowest BCUT2D eigenvalue weighted by molar-refractivity contribution is 0.626. The Morgan fingerprint density at radius 2 is 2.00 bits per heavy atom. The minimum Gasteiger partial charge on any atom is -0.221 e. The van der Waals surface area contributed by atoms with Gasteiger partial charge >= 0.3 is 0 Å². The average Bonchev–Trinajstić information content (AvgIpc) is 2.66. The van der Waals surface area contributed by atoms with Crippen molar-refractivity contribution in [3.05, 3.63) is 35.8 Å². The maximum Gasteiger partial charge on any atom is 0.175 e. The molecule has 2 aromatic heterocycles. The normalized spacial score (nSPS) is 11.0. The minimum absolute atomic E-state index is 0.618. The topological polar surface area (TPSA) is 43.6 Å². The van der Waals surface area contributed by atoms with Gasteiger partial charge in [0.2, 0.25) is 0 Å². The van der Waals surface area contributed by atoms with Crippen molar-refractivity contribution in [1.29, 1.82) is 0 Å². The van der Waals surface area contributed by atoms with Crippen molar-refractivity contribution in [1.82, 2.24) is 20.0 Å². The zero-order chi connectivity index (χ0) is 11.5. The molecule has 16 heavy (non-hydrogen) atoms. The van der Waals surface area contributed by atoms with Gasteiger partial charge in [0.05, 0.1) is 11.4 Å². The molecule has 0 aliphatic rings. The Hall–Kier alpha value is -1.71. The fourth-order valence-electron chi connectivity index (χ4n) is 1.53. The van der Waals surface area contributed by atoms with E-state index in [9.17, 15) is 0 Å². The van der Waals surface area contributed by atoms with E-state index in [1.54, 1.807) is 4.68 Å². The van der Waals surface area contributed by atoms with Crippen molar-refractivity contribution in [2.24, 2.45) is 5.92 Å². The molecule has 0 saturated heterocycles. The Balaban J connectivity index is 2.21. The lowest BCUT2D eigenvalue weighted by Crippen LogP contribution is -2.02. The molecule has 0 N–H and O–H groups in total. The highest BCUT2D eigenvalue weighted by Crippen LogP contribution is 2.08. The summed E-state index contributed by atoms with van der Waals surface area (Å²) in [6.45, 7) is 6.29. The lowest BCUT2D eigenvalue weighted by atomic mass is 10.1. The number of hydrogen-bond acceptors (Lipinski definition) is 3.